The summed E-state index contributed by atoms with van der Waals surface area (Å²) >= 11 is 1.39. The number of hydrogen-bond donors (Lipinski definition) is 2. The summed E-state index contributed by atoms with van der Waals surface area (Å²) in [6, 6.07) is 4.36. The van der Waals surface area contributed by atoms with Gasteiger partial charge >= 0.3 is 0 Å². The smallest absolute Gasteiger partial charge is 0.270 e. The Labute approximate surface area is 178 Å². The molecule has 1 aliphatic carbocycles. The highest BCUT2D eigenvalue weighted by molar-refractivity contribution is 7.17. The normalized spacial score (nSPS) is 18.2. The van der Waals surface area contributed by atoms with Crippen molar-refractivity contribution in [2.45, 2.75) is 39.0 Å². The number of benzene rings is 1. The number of rotatable bonds is 5. The van der Waals surface area contributed by atoms with Crippen molar-refractivity contribution in [1.29, 1.82) is 0 Å². The Morgan fingerprint density at radius 3 is 2.70 bits per heavy atom. The Morgan fingerprint density at radius 2 is 2.03 bits per heavy atom. The van der Waals surface area contributed by atoms with Crippen LogP contribution in [0.25, 0.3) is 0 Å². The third-order valence-corrected chi connectivity index (χ3v) is 7.04. The lowest BCUT2D eigenvalue weighted by atomic mass is 9.88. The number of nitro benzene ring substituents is 1. The topological polar surface area (TPSA) is 119 Å². The van der Waals surface area contributed by atoms with Gasteiger partial charge in [0, 0.05) is 30.1 Å². The van der Waals surface area contributed by atoms with E-state index in [0.29, 0.717) is 22.2 Å². The Kier molecular flexibility index (Phi) is 5.46. The van der Waals surface area contributed by atoms with Crippen molar-refractivity contribution in [3.8, 4) is 0 Å². The van der Waals surface area contributed by atoms with Gasteiger partial charge in [0.05, 0.1) is 21.7 Å². The SMILES string of the molecule is C[C@@H]1CCc2c(sc(NC(=O)c3cc([N+](=O)[O-])ccc3N3CCCC3)c2C(N)=O)C1. The summed E-state index contributed by atoms with van der Waals surface area (Å²) in [5.74, 6) is -0.509. The summed E-state index contributed by atoms with van der Waals surface area (Å²) in [4.78, 5) is 39.3. The van der Waals surface area contributed by atoms with Crippen LogP contribution in [-0.4, -0.2) is 29.8 Å². The first-order chi connectivity index (χ1) is 14.3. The second kappa shape index (κ2) is 8.06. The van der Waals surface area contributed by atoms with Crippen LogP contribution in [0.2, 0.25) is 0 Å². The number of thiophene rings is 1. The number of hydrogen-bond acceptors (Lipinski definition) is 6. The molecule has 0 unspecified atom stereocenters. The van der Waals surface area contributed by atoms with Crippen LogP contribution in [0.3, 0.4) is 0 Å². The number of carbonyl (C=O) groups excluding carboxylic acids is 2. The van der Waals surface area contributed by atoms with E-state index >= 15 is 0 Å². The first-order valence-corrected chi connectivity index (χ1v) is 11.0. The van der Waals surface area contributed by atoms with Gasteiger partial charge in [0.25, 0.3) is 17.5 Å². The molecule has 2 aliphatic rings. The van der Waals surface area contributed by atoms with Crippen molar-refractivity contribution in [2.75, 3.05) is 23.3 Å². The summed E-state index contributed by atoms with van der Waals surface area (Å²) in [5.41, 5.74) is 7.72. The van der Waals surface area contributed by atoms with Gasteiger partial charge in [-0.2, -0.15) is 0 Å². The molecule has 3 N–H and O–H groups in total. The molecule has 1 aromatic heterocycles. The second-order valence-electron chi connectivity index (χ2n) is 8.03. The third-order valence-electron chi connectivity index (χ3n) is 5.87. The fraction of sp³-hybridized carbons (Fsp3) is 0.429. The molecule has 0 bridgehead atoms. The van der Waals surface area contributed by atoms with Gasteiger partial charge in [0.1, 0.15) is 5.00 Å². The van der Waals surface area contributed by atoms with Crippen molar-refractivity contribution in [3.63, 3.8) is 0 Å². The minimum Gasteiger partial charge on any atom is -0.371 e. The van der Waals surface area contributed by atoms with Crippen molar-refractivity contribution < 1.29 is 14.5 Å². The highest BCUT2D eigenvalue weighted by atomic mass is 32.1. The van der Waals surface area contributed by atoms with Gasteiger partial charge in [0.15, 0.2) is 0 Å². The molecule has 4 rings (SSSR count). The maximum atomic E-state index is 13.2. The van der Waals surface area contributed by atoms with E-state index in [4.69, 9.17) is 5.73 Å². The number of fused-ring (bicyclic) bond motifs is 1. The quantitative estimate of drug-likeness (QED) is 0.556. The molecule has 2 amide bonds. The Morgan fingerprint density at radius 1 is 1.30 bits per heavy atom. The van der Waals surface area contributed by atoms with E-state index in [2.05, 4.69) is 17.1 Å². The van der Waals surface area contributed by atoms with Crippen molar-refractivity contribution >= 4 is 39.5 Å². The van der Waals surface area contributed by atoms with Crippen LogP contribution < -0.4 is 16.0 Å². The van der Waals surface area contributed by atoms with Crippen molar-refractivity contribution in [2.24, 2.45) is 11.7 Å². The largest absolute Gasteiger partial charge is 0.371 e. The number of nitro groups is 1. The van der Waals surface area contributed by atoms with E-state index in [1.165, 1.54) is 23.5 Å². The highest BCUT2D eigenvalue weighted by Gasteiger charge is 2.29. The predicted molar refractivity (Wildman–Crippen MR) is 117 cm³/mol. The summed E-state index contributed by atoms with van der Waals surface area (Å²) < 4.78 is 0. The summed E-state index contributed by atoms with van der Waals surface area (Å²) in [6.45, 7) is 3.77. The molecule has 0 spiro atoms. The molecule has 2 aromatic rings. The van der Waals surface area contributed by atoms with Crippen molar-refractivity contribution in [3.05, 3.63) is 49.9 Å². The highest BCUT2D eigenvalue weighted by Crippen LogP contribution is 2.40. The molecule has 0 saturated carbocycles. The fourth-order valence-corrected chi connectivity index (χ4v) is 5.73. The van der Waals surface area contributed by atoms with E-state index in [1.54, 1.807) is 6.07 Å². The molecule has 1 atom stereocenters. The third kappa shape index (κ3) is 3.77. The first kappa shape index (κ1) is 20.3. The van der Waals surface area contributed by atoms with Crippen LogP contribution in [-0.2, 0) is 12.8 Å². The average Bonchev–Trinajstić information content (AvgIpc) is 3.34. The summed E-state index contributed by atoms with van der Waals surface area (Å²) in [6.07, 6.45) is 4.61. The van der Waals surface area contributed by atoms with Crippen LogP contribution in [0.5, 0.6) is 0 Å². The fourth-order valence-electron chi connectivity index (χ4n) is 4.32. The van der Waals surface area contributed by atoms with Crippen LogP contribution >= 0.6 is 11.3 Å². The molecule has 30 heavy (non-hydrogen) atoms. The molecule has 9 heteroatoms. The monoisotopic (exact) mass is 428 g/mol. The van der Waals surface area contributed by atoms with E-state index in [9.17, 15) is 19.7 Å². The van der Waals surface area contributed by atoms with E-state index in [1.807, 2.05) is 0 Å². The maximum absolute atomic E-state index is 13.2. The number of nitrogens with one attached hydrogen (secondary N) is 1. The lowest BCUT2D eigenvalue weighted by molar-refractivity contribution is -0.384. The zero-order valence-corrected chi connectivity index (χ0v) is 17.6. The maximum Gasteiger partial charge on any atom is 0.270 e. The van der Waals surface area contributed by atoms with Crippen LogP contribution in [0.15, 0.2) is 18.2 Å². The number of primary amides is 1. The Balaban J connectivity index is 1.71. The molecule has 1 aliphatic heterocycles. The molecular weight excluding hydrogens is 404 g/mol. The Bertz CT molecular complexity index is 1030. The lowest BCUT2D eigenvalue weighted by Crippen LogP contribution is -2.24. The van der Waals surface area contributed by atoms with Gasteiger partial charge in [-0.3, -0.25) is 19.7 Å². The minimum atomic E-state index is -0.559. The molecular formula is C21H24N4O4S. The molecule has 158 valence electrons. The number of non-ortho nitro benzene ring substituents is 1. The zero-order valence-electron chi connectivity index (χ0n) is 16.8. The average molecular weight is 429 g/mol. The van der Waals surface area contributed by atoms with E-state index in [0.717, 1.165) is 55.6 Å². The molecule has 8 nitrogen and oxygen atoms in total. The number of nitrogens with two attached hydrogens (primary N) is 1. The van der Waals surface area contributed by atoms with Gasteiger partial charge in [-0.15, -0.1) is 11.3 Å². The molecule has 1 fully saturated rings. The number of anilines is 2. The number of nitrogens with zero attached hydrogens (tertiary/aromatic N) is 2. The first-order valence-electron chi connectivity index (χ1n) is 10.1. The van der Waals surface area contributed by atoms with Gasteiger partial charge in [-0.25, -0.2) is 0 Å². The summed E-state index contributed by atoms with van der Waals surface area (Å²) in [7, 11) is 0. The van der Waals surface area contributed by atoms with Gasteiger partial charge in [-0.05, 0) is 49.7 Å². The van der Waals surface area contributed by atoms with Gasteiger partial charge in [-0.1, -0.05) is 6.92 Å². The zero-order chi connectivity index (χ0) is 21.4. The van der Waals surface area contributed by atoms with Crippen LogP contribution in [0.1, 0.15) is 57.3 Å². The second-order valence-corrected chi connectivity index (χ2v) is 9.13. The molecule has 1 saturated heterocycles. The standard InChI is InChI=1S/C21H24N4O4S/c1-12-4-6-14-17(10-12)30-21(18(14)19(22)26)23-20(27)15-11-13(25(28)29)5-7-16(15)24-8-2-3-9-24/h5,7,11-12H,2-4,6,8-10H2,1H3,(H2,22,26)(H,23,27)/t12-/m1/s1. The Hall–Kier alpha value is -2.94. The van der Waals surface area contributed by atoms with E-state index in [-0.39, 0.29) is 11.3 Å². The lowest BCUT2D eigenvalue weighted by Gasteiger charge is -2.20. The predicted octanol–water partition coefficient (Wildman–Crippen LogP) is 3.73. The molecule has 1 aromatic carbocycles. The minimum absolute atomic E-state index is 0.141. The molecule has 0 radical (unpaired) electrons. The number of carbonyl (C=O) groups is 2. The van der Waals surface area contributed by atoms with Crippen LogP contribution in [0.4, 0.5) is 16.4 Å². The summed E-state index contributed by atoms with van der Waals surface area (Å²) in [5, 5.41) is 14.5. The van der Waals surface area contributed by atoms with Gasteiger partial charge in [0.2, 0.25) is 0 Å². The van der Waals surface area contributed by atoms with Crippen LogP contribution in [0, 0.1) is 16.0 Å². The molecule has 2 heterocycles. The van der Waals surface area contributed by atoms with Crippen molar-refractivity contribution in [1.82, 2.24) is 0 Å². The van der Waals surface area contributed by atoms with E-state index < -0.39 is 16.7 Å². The number of amides is 2. The van der Waals surface area contributed by atoms with Gasteiger partial charge < -0.3 is 16.0 Å².